The predicted molar refractivity (Wildman–Crippen MR) is 40.5 cm³/mol. The van der Waals surface area contributed by atoms with Crippen LogP contribution in [0.3, 0.4) is 0 Å². The molecule has 0 saturated carbocycles. The molecule has 0 amide bonds. The van der Waals surface area contributed by atoms with Crippen LogP contribution >= 0.6 is 17.8 Å². The first kappa shape index (κ1) is 9.30. The second-order valence-electron chi connectivity index (χ2n) is 1.40. The normalized spacial score (nSPS) is 10.5. The first-order chi connectivity index (χ1) is 3.77. The Kier molecular flexibility index (Phi) is 7.46. The Bertz CT molecular complexity index is 52.5. The van der Waals surface area contributed by atoms with Gasteiger partial charge in [0.2, 0.25) is 0 Å². The molecule has 0 saturated heterocycles. The number of nitrogens with two attached hydrogens (primary N) is 1. The van der Waals surface area contributed by atoms with Gasteiger partial charge in [0.25, 0.3) is 0 Å². The summed E-state index contributed by atoms with van der Waals surface area (Å²) in [4.78, 5) is 0. The molecule has 0 fully saturated rings. The molecule has 0 radical (unpaired) electrons. The number of hydrogen-bond donors (Lipinski definition) is 2. The van der Waals surface area contributed by atoms with Gasteiger partial charge in [0.15, 0.2) is 0 Å². The summed E-state index contributed by atoms with van der Waals surface area (Å²) in [6.07, 6.45) is 0.965. The molecule has 0 unspecified atom stereocenters. The van der Waals surface area contributed by atoms with E-state index in [-0.39, 0.29) is 0 Å². The van der Waals surface area contributed by atoms with Crippen LogP contribution in [0, 0.1) is 0 Å². The molecule has 3 N–H and O–H groups in total. The Labute approximate surface area is 64.2 Å². The van der Waals surface area contributed by atoms with Crippen LogP contribution in [0.5, 0.6) is 0 Å². The first-order valence-electron chi connectivity index (χ1n) is 2.49. The summed E-state index contributed by atoms with van der Waals surface area (Å²) < 4.78 is 3.01. The van der Waals surface area contributed by atoms with Gasteiger partial charge in [-0.25, -0.2) is 0 Å². The van der Waals surface area contributed by atoms with Crippen molar-refractivity contribution in [3.63, 3.8) is 0 Å². The van der Waals surface area contributed by atoms with Crippen molar-refractivity contribution < 1.29 is 0 Å². The van der Waals surface area contributed by atoms with Gasteiger partial charge < -0.3 is 0 Å². The second kappa shape index (κ2) is 6.42. The molecule has 0 aromatic carbocycles. The van der Waals surface area contributed by atoms with Gasteiger partial charge in [0.1, 0.15) is 0 Å². The zero-order valence-corrected chi connectivity index (χ0v) is 9.34. The van der Waals surface area contributed by atoms with Crippen molar-refractivity contribution in [1.82, 2.24) is 3.54 Å². The number of rotatable bonds is 4. The molecule has 2 nitrogen and oxygen atoms in total. The average Bonchev–Trinajstić information content (AvgIpc) is 1.66. The van der Waals surface area contributed by atoms with E-state index < -0.39 is 17.8 Å². The van der Waals surface area contributed by atoms with Crippen LogP contribution in [-0.2, 0) is 0 Å². The molecule has 0 heterocycles. The molecule has 0 aliphatic rings. The van der Waals surface area contributed by atoms with E-state index in [4.69, 9.17) is 23.6 Å². The molecule has 0 bridgehead atoms. The fourth-order valence-electron chi connectivity index (χ4n) is 0.313. The molecule has 0 rings (SSSR count). The predicted octanol–water partition coefficient (Wildman–Crippen LogP) is 0.120. The molecule has 0 spiro atoms. The van der Waals surface area contributed by atoms with Gasteiger partial charge in [-0.2, -0.15) is 0 Å². The van der Waals surface area contributed by atoms with Crippen molar-refractivity contribution in [3.8, 4) is 0 Å². The van der Waals surface area contributed by atoms with E-state index in [1.165, 1.54) is 0 Å². The monoisotopic (exact) mass is 264 g/mol. The third-order valence-electron chi connectivity index (χ3n) is 0.680. The standard InChI is InChI=1S/C3H9N2.2ClH.Sn.H/c4-2-1-3-5;;;;/h4H,1-3,5H2;2*1H;;/q-1;;;+3;/p-2. The third-order valence-corrected chi connectivity index (χ3v) is 4.45. The second-order valence-corrected chi connectivity index (χ2v) is 11.6. The Morgan fingerprint density at radius 1 is 1.50 bits per heavy atom. The Hall–Kier alpha value is 1.30. The minimum atomic E-state index is -2.13. The first-order valence-corrected chi connectivity index (χ1v) is 12.5. The van der Waals surface area contributed by atoms with Crippen molar-refractivity contribution in [1.29, 1.82) is 0 Å². The molecule has 0 aliphatic carbocycles. The van der Waals surface area contributed by atoms with Crippen LogP contribution in [0.4, 0.5) is 0 Å². The van der Waals surface area contributed by atoms with Gasteiger partial charge in [-0.05, 0) is 0 Å². The summed E-state index contributed by atoms with van der Waals surface area (Å²) in [5.74, 6) is 0. The van der Waals surface area contributed by atoms with E-state index in [0.717, 1.165) is 13.0 Å². The molecule has 5 heteroatoms. The quantitative estimate of drug-likeness (QED) is 0.559. The molecule has 0 aliphatic heterocycles. The Morgan fingerprint density at radius 3 is 2.50 bits per heavy atom. The Balaban J connectivity index is 2.72. The van der Waals surface area contributed by atoms with Gasteiger partial charge >= 0.3 is 64.4 Å². The van der Waals surface area contributed by atoms with Crippen LogP contribution in [0.1, 0.15) is 6.42 Å². The summed E-state index contributed by atoms with van der Waals surface area (Å²) in [5, 5.41) is 0. The van der Waals surface area contributed by atoms with Crippen LogP contribution in [0.25, 0.3) is 0 Å². The van der Waals surface area contributed by atoms with Crippen LogP contribution in [0.2, 0.25) is 0 Å². The van der Waals surface area contributed by atoms with Crippen molar-refractivity contribution in [2.75, 3.05) is 13.1 Å². The summed E-state index contributed by atoms with van der Waals surface area (Å²) in [6, 6.07) is 0. The molecule has 50 valence electrons. The van der Waals surface area contributed by atoms with Crippen LogP contribution in [-0.4, -0.2) is 30.9 Å². The van der Waals surface area contributed by atoms with E-state index in [0.29, 0.717) is 6.54 Å². The fraction of sp³-hybridized carbons (Fsp3) is 1.00. The molecule has 0 atom stereocenters. The maximum atomic E-state index is 5.54. The van der Waals surface area contributed by atoms with E-state index in [1.54, 1.807) is 0 Å². The van der Waals surface area contributed by atoms with Crippen molar-refractivity contribution >= 4 is 35.6 Å². The topological polar surface area (TPSA) is 38.0 Å². The van der Waals surface area contributed by atoms with Gasteiger partial charge in [0, 0.05) is 0 Å². The van der Waals surface area contributed by atoms with Gasteiger partial charge in [-0.3, -0.25) is 0 Å². The minimum absolute atomic E-state index is 0.708. The molecule has 0 aromatic rings. The SMILES string of the molecule is NCCC[NH][SnH]([Cl])[Cl]. The molecular formula is C3H10Cl2N2Sn. The van der Waals surface area contributed by atoms with E-state index in [1.807, 2.05) is 0 Å². The van der Waals surface area contributed by atoms with E-state index in [2.05, 4.69) is 3.54 Å². The number of nitrogens with one attached hydrogen (secondary N) is 1. The van der Waals surface area contributed by atoms with Gasteiger partial charge in [-0.15, -0.1) is 0 Å². The average molecular weight is 264 g/mol. The van der Waals surface area contributed by atoms with Crippen molar-refractivity contribution in [2.45, 2.75) is 6.42 Å². The fourth-order valence-corrected chi connectivity index (χ4v) is 2.98. The summed E-state index contributed by atoms with van der Waals surface area (Å²) in [6.45, 7) is 1.59. The van der Waals surface area contributed by atoms with Crippen LogP contribution in [0.15, 0.2) is 0 Å². The summed E-state index contributed by atoms with van der Waals surface area (Å²) in [7, 11) is 11.1. The maximum absolute atomic E-state index is 5.54. The molecular weight excluding hydrogens is 254 g/mol. The molecule has 0 aromatic heterocycles. The zero-order chi connectivity index (χ0) is 6.41. The van der Waals surface area contributed by atoms with Crippen molar-refractivity contribution in [3.05, 3.63) is 0 Å². The van der Waals surface area contributed by atoms with Crippen LogP contribution < -0.4 is 9.27 Å². The third kappa shape index (κ3) is 7.30. The zero-order valence-electron chi connectivity index (χ0n) is 4.53. The number of halogens is 2. The van der Waals surface area contributed by atoms with E-state index >= 15 is 0 Å². The number of hydrogen-bond acceptors (Lipinski definition) is 2. The van der Waals surface area contributed by atoms with E-state index in [9.17, 15) is 0 Å². The molecule has 8 heavy (non-hydrogen) atoms. The van der Waals surface area contributed by atoms with Gasteiger partial charge in [-0.1, -0.05) is 0 Å². The van der Waals surface area contributed by atoms with Crippen molar-refractivity contribution in [2.24, 2.45) is 5.73 Å². The summed E-state index contributed by atoms with van der Waals surface area (Å²) >= 11 is -2.13. The Morgan fingerprint density at radius 2 is 2.12 bits per heavy atom. The summed E-state index contributed by atoms with van der Waals surface area (Å²) in [5.41, 5.74) is 5.21. The van der Waals surface area contributed by atoms with Gasteiger partial charge in [0.05, 0.1) is 0 Å².